The molecule has 0 bridgehead atoms. The van der Waals surface area contributed by atoms with Crippen LogP contribution in [0.3, 0.4) is 0 Å². The van der Waals surface area contributed by atoms with Gasteiger partial charge in [0.05, 0.1) is 6.54 Å². The van der Waals surface area contributed by atoms with Crippen LogP contribution in [0.4, 0.5) is 4.39 Å². The van der Waals surface area contributed by atoms with Crippen molar-refractivity contribution in [3.05, 3.63) is 52.7 Å². The number of nitrogens with one attached hydrogen (secondary N) is 3. The number of hydrogen-bond donors (Lipinski definition) is 3. The SMILES string of the molecule is CC(=O)NCc1ccc(S(=O)(=O)N(C)CCCC2CC(c3cccc(F)c3)NN2)s1. The number of sulfonamides is 1. The van der Waals surface area contributed by atoms with E-state index in [1.165, 1.54) is 34.7 Å². The van der Waals surface area contributed by atoms with E-state index in [-0.39, 0.29) is 28.0 Å². The van der Waals surface area contributed by atoms with E-state index in [1.54, 1.807) is 25.2 Å². The van der Waals surface area contributed by atoms with Crippen LogP contribution < -0.4 is 16.2 Å². The van der Waals surface area contributed by atoms with Gasteiger partial charge in [-0.1, -0.05) is 12.1 Å². The molecule has 1 aliphatic heterocycles. The highest BCUT2D eigenvalue weighted by atomic mass is 32.2. The third kappa shape index (κ3) is 5.86. The van der Waals surface area contributed by atoms with Gasteiger partial charge in [0.1, 0.15) is 10.0 Å². The van der Waals surface area contributed by atoms with Crippen molar-refractivity contribution in [1.29, 1.82) is 0 Å². The normalized spacial score (nSPS) is 19.3. The summed E-state index contributed by atoms with van der Waals surface area (Å²) in [5, 5.41) is 2.67. The van der Waals surface area contributed by atoms with Gasteiger partial charge in [0.25, 0.3) is 10.0 Å². The van der Waals surface area contributed by atoms with Gasteiger partial charge in [-0.05, 0) is 49.1 Å². The van der Waals surface area contributed by atoms with Crippen LogP contribution in [0.15, 0.2) is 40.6 Å². The van der Waals surface area contributed by atoms with Gasteiger partial charge in [0, 0.05) is 37.5 Å². The highest BCUT2D eigenvalue weighted by molar-refractivity contribution is 7.91. The smallest absolute Gasteiger partial charge is 0.252 e. The van der Waals surface area contributed by atoms with Crippen molar-refractivity contribution in [3.63, 3.8) is 0 Å². The summed E-state index contributed by atoms with van der Waals surface area (Å²) in [6, 6.07) is 10.1. The van der Waals surface area contributed by atoms with Crippen molar-refractivity contribution in [2.24, 2.45) is 0 Å². The van der Waals surface area contributed by atoms with Crippen molar-refractivity contribution >= 4 is 27.3 Å². The first-order valence-corrected chi connectivity index (χ1v) is 12.1. The van der Waals surface area contributed by atoms with Crippen LogP contribution in [-0.4, -0.2) is 38.3 Å². The summed E-state index contributed by atoms with van der Waals surface area (Å²) in [5.74, 6) is -0.405. The van der Waals surface area contributed by atoms with Gasteiger partial charge in [0.15, 0.2) is 0 Å². The molecule has 2 unspecified atom stereocenters. The first kappa shape index (κ1) is 22.8. The summed E-state index contributed by atoms with van der Waals surface area (Å²) in [4.78, 5) is 11.8. The number of nitrogens with zero attached hydrogens (tertiary/aromatic N) is 1. The van der Waals surface area contributed by atoms with E-state index in [0.717, 1.165) is 23.3 Å². The zero-order valence-electron chi connectivity index (χ0n) is 17.0. The van der Waals surface area contributed by atoms with Crippen LogP contribution in [0, 0.1) is 5.82 Å². The molecule has 0 spiro atoms. The minimum atomic E-state index is -3.55. The van der Waals surface area contributed by atoms with Gasteiger partial charge in [-0.15, -0.1) is 11.3 Å². The first-order chi connectivity index (χ1) is 14.3. The van der Waals surface area contributed by atoms with E-state index in [0.29, 0.717) is 19.5 Å². The van der Waals surface area contributed by atoms with Crippen LogP contribution in [0.1, 0.15) is 42.7 Å². The molecule has 0 aliphatic carbocycles. The minimum absolute atomic E-state index is 0.0420. The number of rotatable bonds is 9. The Kier molecular flexibility index (Phi) is 7.59. The third-order valence-corrected chi connectivity index (χ3v) is 8.48. The molecule has 1 fully saturated rings. The molecule has 3 rings (SSSR count). The number of thiophene rings is 1. The molecular formula is C20H27FN4O3S2. The number of carbonyl (C=O) groups is 1. The molecule has 164 valence electrons. The van der Waals surface area contributed by atoms with Crippen molar-refractivity contribution in [1.82, 2.24) is 20.5 Å². The summed E-state index contributed by atoms with van der Waals surface area (Å²) in [6.07, 6.45) is 2.32. The molecule has 0 radical (unpaired) electrons. The van der Waals surface area contributed by atoms with E-state index in [4.69, 9.17) is 0 Å². The maximum atomic E-state index is 13.4. The van der Waals surface area contributed by atoms with Crippen molar-refractivity contribution in [3.8, 4) is 0 Å². The molecule has 0 saturated carbocycles. The van der Waals surface area contributed by atoms with Gasteiger partial charge in [0.2, 0.25) is 5.91 Å². The lowest BCUT2D eigenvalue weighted by molar-refractivity contribution is -0.119. The Morgan fingerprint density at radius 3 is 2.83 bits per heavy atom. The van der Waals surface area contributed by atoms with Gasteiger partial charge >= 0.3 is 0 Å². The number of hydrazine groups is 1. The van der Waals surface area contributed by atoms with Crippen LogP contribution in [0.25, 0.3) is 0 Å². The Balaban J connectivity index is 1.47. The lowest BCUT2D eigenvalue weighted by Crippen LogP contribution is -2.32. The average Bonchev–Trinajstić information content (AvgIpc) is 3.36. The van der Waals surface area contributed by atoms with Crippen LogP contribution in [0.5, 0.6) is 0 Å². The molecule has 10 heteroatoms. The maximum Gasteiger partial charge on any atom is 0.252 e. The highest BCUT2D eigenvalue weighted by Gasteiger charge is 2.26. The lowest BCUT2D eigenvalue weighted by atomic mass is 10.00. The zero-order valence-corrected chi connectivity index (χ0v) is 18.7. The average molecular weight is 455 g/mol. The Bertz CT molecular complexity index is 980. The number of carbonyl (C=O) groups excluding carboxylic acids is 1. The standard InChI is InChI=1S/C20H27FN4O3S2/c1-14(26)22-13-18-8-9-20(29-18)30(27,28)25(2)10-4-7-17-12-19(24-23-17)15-5-3-6-16(21)11-15/h3,5-6,8-9,11,17,19,23-24H,4,7,10,12-13H2,1-2H3,(H,22,26). The predicted molar refractivity (Wildman–Crippen MR) is 115 cm³/mol. The second-order valence-electron chi connectivity index (χ2n) is 7.43. The van der Waals surface area contributed by atoms with Crippen molar-refractivity contribution in [2.45, 2.75) is 49.0 Å². The summed E-state index contributed by atoms with van der Waals surface area (Å²) >= 11 is 1.17. The first-order valence-electron chi connectivity index (χ1n) is 9.81. The number of amides is 1. The van der Waals surface area contributed by atoms with E-state index >= 15 is 0 Å². The molecule has 2 atom stereocenters. The Labute approximate surface area is 180 Å². The maximum absolute atomic E-state index is 13.4. The number of benzene rings is 1. The molecule has 1 aliphatic rings. The number of halogens is 1. The quantitative estimate of drug-likeness (QED) is 0.542. The summed E-state index contributed by atoms with van der Waals surface area (Å²) < 4.78 is 40.6. The van der Waals surface area contributed by atoms with E-state index in [9.17, 15) is 17.6 Å². The van der Waals surface area contributed by atoms with E-state index < -0.39 is 10.0 Å². The molecule has 2 aromatic rings. The topological polar surface area (TPSA) is 90.5 Å². The molecular weight excluding hydrogens is 427 g/mol. The molecule has 7 nitrogen and oxygen atoms in total. The minimum Gasteiger partial charge on any atom is -0.351 e. The van der Waals surface area contributed by atoms with E-state index in [2.05, 4.69) is 16.2 Å². The molecule has 30 heavy (non-hydrogen) atoms. The molecule has 1 aromatic heterocycles. The van der Waals surface area contributed by atoms with Crippen LogP contribution in [-0.2, 0) is 21.4 Å². The second-order valence-corrected chi connectivity index (χ2v) is 10.9. The second kappa shape index (κ2) is 9.97. The Hall–Kier alpha value is -1.85. The fraction of sp³-hybridized carbons (Fsp3) is 0.450. The van der Waals surface area contributed by atoms with Crippen molar-refractivity contribution < 1.29 is 17.6 Å². The monoisotopic (exact) mass is 454 g/mol. The van der Waals surface area contributed by atoms with E-state index in [1.807, 2.05) is 6.07 Å². The third-order valence-electron chi connectivity index (χ3n) is 5.07. The number of hydrogen-bond acceptors (Lipinski definition) is 6. The summed E-state index contributed by atoms with van der Waals surface area (Å²) in [7, 11) is -1.97. The molecule has 3 N–H and O–H groups in total. The van der Waals surface area contributed by atoms with Gasteiger partial charge in [-0.2, -0.15) is 0 Å². The summed E-state index contributed by atoms with van der Waals surface area (Å²) in [5.41, 5.74) is 7.31. The van der Waals surface area contributed by atoms with Gasteiger partial charge in [-0.25, -0.2) is 17.1 Å². The van der Waals surface area contributed by atoms with Crippen LogP contribution >= 0.6 is 11.3 Å². The molecule has 1 amide bonds. The largest absolute Gasteiger partial charge is 0.351 e. The Morgan fingerprint density at radius 2 is 2.10 bits per heavy atom. The zero-order chi connectivity index (χ0) is 21.7. The fourth-order valence-corrected chi connectivity index (χ4v) is 6.11. The lowest BCUT2D eigenvalue weighted by Gasteiger charge is -2.17. The molecule has 2 heterocycles. The van der Waals surface area contributed by atoms with Crippen molar-refractivity contribution in [2.75, 3.05) is 13.6 Å². The van der Waals surface area contributed by atoms with Gasteiger partial charge in [-0.3, -0.25) is 15.6 Å². The summed E-state index contributed by atoms with van der Waals surface area (Å²) in [6.45, 7) is 2.16. The fourth-order valence-electron chi connectivity index (χ4n) is 3.39. The van der Waals surface area contributed by atoms with Gasteiger partial charge < -0.3 is 5.32 Å². The Morgan fingerprint density at radius 1 is 1.30 bits per heavy atom. The van der Waals surface area contributed by atoms with Crippen LogP contribution in [0.2, 0.25) is 0 Å². The molecule has 1 saturated heterocycles. The highest BCUT2D eigenvalue weighted by Crippen LogP contribution is 2.26. The molecule has 1 aromatic carbocycles. The predicted octanol–water partition coefficient (Wildman–Crippen LogP) is 2.53.